The third kappa shape index (κ3) is 5.22. The van der Waals surface area contributed by atoms with Gasteiger partial charge in [-0.05, 0) is 30.7 Å². The molecule has 2 atom stereocenters. The van der Waals surface area contributed by atoms with Crippen LogP contribution < -0.4 is 9.47 Å². The van der Waals surface area contributed by atoms with Gasteiger partial charge in [0.1, 0.15) is 17.1 Å². The van der Waals surface area contributed by atoms with Crippen LogP contribution in [0, 0.1) is 5.92 Å². The number of carbonyl (C=O) groups is 2. The minimum atomic E-state index is -1.19. The van der Waals surface area contributed by atoms with Crippen molar-refractivity contribution in [3.8, 4) is 11.5 Å². The highest BCUT2D eigenvalue weighted by Gasteiger charge is 2.50. The molecule has 6 heteroatoms. The molecule has 3 rings (SSSR count). The Bertz CT molecular complexity index is 1060. The number of carbonyl (C=O) groups excluding carboxylic acids is 2. The van der Waals surface area contributed by atoms with Gasteiger partial charge in [0.2, 0.25) is 5.90 Å². The minimum Gasteiger partial charge on any atom is -0.496 e. The molecule has 0 bridgehead atoms. The largest absolute Gasteiger partial charge is 0.496 e. The molecule has 0 N–H and O–H groups in total. The maximum atomic E-state index is 13.4. The summed E-state index contributed by atoms with van der Waals surface area (Å²) < 4.78 is 16.7. The average Bonchev–Trinajstić information content (AvgIpc) is 3.15. The number of ether oxygens (including phenoxy) is 3. The van der Waals surface area contributed by atoms with Crippen LogP contribution in [0.5, 0.6) is 11.5 Å². The van der Waals surface area contributed by atoms with Crippen molar-refractivity contribution >= 4 is 17.7 Å². The van der Waals surface area contributed by atoms with E-state index in [1.807, 2.05) is 43.3 Å². The number of aliphatic imine (C=N–C) groups is 1. The maximum Gasteiger partial charge on any atom is 0.341 e. The summed E-state index contributed by atoms with van der Waals surface area (Å²) in [6.07, 6.45) is 7.48. The normalized spacial score (nSPS) is 18.9. The van der Waals surface area contributed by atoms with E-state index in [0.29, 0.717) is 23.5 Å². The van der Waals surface area contributed by atoms with Crippen LogP contribution in [-0.2, 0) is 20.7 Å². The molecular weight excluding hydrogens is 418 g/mol. The maximum absolute atomic E-state index is 13.4. The predicted octanol–water partition coefficient (Wildman–Crippen LogP) is 4.72. The molecule has 0 aliphatic carbocycles. The van der Waals surface area contributed by atoms with Gasteiger partial charge in [0.15, 0.2) is 11.3 Å². The van der Waals surface area contributed by atoms with E-state index in [9.17, 15) is 9.59 Å². The van der Waals surface area contributed by atoms with Crippen molar-refractivity contribution in [2.24, 2.45) is 10.9 Å². The molecule has 172 valence electrons. The van der Waals surface area contributed by atoms with Crippen molar-refractivity contribution < 1.29 is 23.8 Å². The van der Waals surface area contributed by atoms with Crippen LogP contribution in [0.1, 0.15) is 31.4 Å². The lowest BCUT2D eigenvalue weighted by Gasteiger charge is -2.27. The van der Waals surface area contributed by atoms with E-state index < -0.39 is 11.5 Å². The number of benzene rings is 2. The Kier molecular flexibility index (Phi) is 7.83. The monoisotopic (exact) mass is 447 g/mol. The van der Waals surface area contributed by atoms with Crippen LogP contribution in [0.15, 0.2) is 77.8 Å². The summed E-state index contributed by atoms with van der Waals surface area (Å²) in [5.74, 6) is 0.367. The highest BCUT2D eigenvalue weighted by molar-refractivity contribution is 6.11. The molecule has 0 saturated carbocycles. The van der Waals surface area contributed by atoms with Crippen LogP contribution in [0.4, 0.5) is 0 Å². The third-order valence-electron chi connectivity index (χ3n) is 5.65. The standard InChI is InChI=1S/C27H29NO5/c1-5-11-21(29)15-9-12-19(2)27(18-20-13-7-6-8-14-20)26(30)33-25(28-27)24-22(31-3)16-10-17-23(24)32-4/h5-14,16-17,19H,15,18H2,1-4H3/b11-5-,12-9+/t19-,27-/m1/s1. The molecule has 2 aromatic rings. The summed E-state index contributed by atoms with van der Waals surface area (Å²) in [4.78, 5) is 30.1. The van der Waals surface area contributed by atoms with E-state index in [0.717, 1.165) is 5.56 Å². The first-order valence-corrected chi connectivity index (χ1v) is 10.8. The number of methoxy groups -OCH3 is 2. The molecule has 2 aromatic carbocycles. The number of ketones is 1. The molecule has 0 spiro atoms. The van der Waals surface area contributed by atoms with Gasteiger partial charge in [0.05, 0.1) is 14.2 Å². The second kappa shape index (κ2) is 10.8. The minimum absolute atomic E-state index is 0.00462. The Balaban J connectivity index is 2.06. The van der Waals surface area contributed by atoms with Crippen LogP contribution in [-0.4, -0.2) is 37.4 Å². The highest BCUT2D eigenvalue weighted by Crippen LogP contribution is 2.39. The Morgan fingerprint density at radius 3 is 2.36 bits per heavy atom. The van der Waals surface area contributed by atoms with Gasteiger partial charge in [-0.2, -0.15) is 0 Å². The van der Waals surface area contributed by atoms with E-state index >= 15 is 0 Å². The SMILES string of the molecule is C/C=C\C(=O)C/C=C/[C@@H](C)[C@@]1(Cc2ccccc2)N=C(c2c(OC)cccc2OC)OC1=O. The van der Waals surface area contributed by atoms with Gasteiger partial charge in [-0.15, -0.1) is 0 Å². The molecule has 0 amide bonds. The third-order valence-corrected chi connectivity index (χ3v) is 5.65. The molecular formula is C27H29NO5. The van der Waals surface area contributed by atoms with Crippen molar-refractivity contribution in [1.29, 1.82) is 0 Å². The first-order chi connectivity index (χ1) is 15.9. The van der Waals surface area contributed by atoms with E-state index in [1.165, 1.54) is 6.08 Å². The smallest absolute Gasteiger partial charge is 0.341 e. The zero-order valence-corrected chi connectivity index (χ0v) is 19.4. The molecule has 33 heavy (non-hydrogen) atoms. The van der Waals surface area contributed by atoms with Gasteiger partial charge in [-0.25, -0.2) is 9.79 Å². The molecule has 0 aromatic heterocycles. The molecule has 1 aliphatic rings. The van der Waals surface area contributed by atoms with Crippen molar-refractivity contribution in [3.63, 3.8) is 0 Å². The van der Waals surface area contributed by atoms with Crippen LogP contribution in [0.25, 0.3) is 0 Å². The summed E-state index contributed by atoms with van der Waals surface area (Å²) in [5.41, 5.74) is 0.254. The molecule has 1 aliphatic heterocycles. The Labute approximate surface area is 194 Å². The van der Waals surface area contributed by atoms with Gasteiger partial charge in [-0.1, -0.05) is 61.5 Å². The lowest BCUT2D eigenvalue weighted by molar-refractivity contribution is -0.140. The number of esters is 1. The number of hydrogen-bond donors (Lipinski definition) is 0. The van der Waals surface area contributed by atoms with Gasteiger partial charge < -0.3 is 14.2 Å². The summed E-state index contributed by atoms with van der Waals surface area (Å²) in [5, 5.41) is 0. The van der Waals surface area contributed by atoms with E-state index in [1.54, 1.807) is 51.5 Å². The van der Waals surface area contributed by atoms with Crippen molar-refractivity contribution in [2.75, 3.05) is 14.2 Å². The van der Waals surface area contributed by atoms with E-state index in [2.05, 4.69) is 0 Å². The summed E-state index contributed by atoms with van der Waals surface area (Å²) >= 11 is 0. The van der Waals surface area contributed by atoms with E-state index in [4.69, 9.17) is 19.2 Å². The number of hydrogen-bond acceptors (Lipinski definition) is 6. The Morgan fingerprint density at radius 2 is 1.76 bits per heavy atom. The highest BCUT2D eigenvalue weighted by atomic mass is 16.6. The molecule has 0 unspecified atom stereocenters. The zero-order chi connectivity index (χ0) is 23.8. The first kappa shape index (κ1) is 24.0. The molecule has 0 fully saturated rings. The Hall–Kier alpha value is -3.67. The lowest BCUT2D eigenvalue weighted by atomic mass is 9.80. The van der Waals surface area contributed by atoms with Gasteiger partial charge in [-0.3, -0.25) is 4.79 Å². The molecule has 6 nitrogen and oxygen atoms in total. The predicted molar refractivity (Wildman–Crippen MR) is 128 cm³/mol. The Morgan fingerprint density at radius 1 is 1.09 bits per heavy atom. The fraction of sp³-hybridized carbons (Fsp3) is 0.296. The second-order valence-corrected chi connectivity index (χ2v) is 7.82. The quantitative estimate of drug-likeness (QED) is 0.299. The van der Waals surface area contributed by atoms with Crippen LogP contribution >= 0.6 is 0 Å². The van der Waals surface area contributed by atoms with Gasteiger partial charge in [0, 0.05) is 18.8 Å². The van der Waals surface area contributed by atoms with Crippen LogP contribution in [0.3, 0.4) is 0 Å². The first-order valence-electron chi connectivity index (χ1n) is 10.8. The number of cyclic esters (lactones) is 1. The van der Waals surface area contributed by atoms with Crippen molar-refractivity contribution in [3.05, 3.63) is 84.0 Å². The second-order valence-electron chi connectivity index (χ2n) is 7.82. The number of nitrogens with zero attached hydrogens (tertiary/aromatic N) is 1. The molecule has 1 heterocycles. The average molecular weight is 448 g/mol. The van der Waals surface area contributed by atoms with E-state index in [-0.39, 0.29) is 24.0 Å². The topological polar surface area (TPSA) is 74.2 Å². The van der Waals surface area contributed by atoms with Crippen molar-refractivity contribution in [1.82, 2.24) is 0 Å². The lowest BCUT2D eigenvalue weighted by Crippen LogP contribution is -2.42. The molecule has 0 radical (unpaired) electrons. The van der Waals surface area contributed by atoms with Crippen molar-refractivity contribution in [2.45, 2.75) is 32.2 Å². The fourth-order valence-electron chi connectivity index (χ4n) is 3.86. The van der Waals surface area contributed by atoms with Crippen LogP contribution in [0.2, 0.25) is 0 Å². The van der Waals surface area contributed by atoms with Gasteiger partial charge in [0.25, 0.3) is 0 Å². The molecule has 0 saturated heterocycles. The summed E-state index contributed by atoms with van der Waals surface area (Å²) in [6, 6.07) is 15.0. The number of rotatable bonds is 10. The summed E-state index contributed by atoms with van der Waals surface area (Å²) in [6.45, 7) is 3.71. The van der Waals surface area contributed by atoms with Gasteiger partial charge >= 0.3 is 5.97 Å². The zero-order valence-electron chi connectivity index (χ0n) is 19.4. The number of allylic oxidation sites excluding steroid dienone is 3. The fourth-order valence-corrected chi connectivity index (χ4v) is 3.86. The summed E-state index contributed by atoms with van der Waals surface area (Å²) in [7, 11) is 3.08.